The fourth-order valence-corrected chi connectivity index (χ4v) is 2.29. The normalized spacial score (nSPS) is 13.9. The largest absolute Gasteiger partial charge is 0.493 e. The van der Waals surface area contributed by atoms with Crippen LogP contribution >= 0.6 is 0 Å². The van der Waals surface area contributed by atoms with Gasteiger partial charge in [0, 0.05) is 30.3 Å². The minimum Gasteiger partial charge on any atom is -0.493 e. The number of anilines is 1. The second-order valence-electron chi connectivity index (χ2n) is 5.10. The van der Waals surface area contributed by atoms with E-state index in [-0.39, 0.29) is 0 Å². The lowest BCUT2D eigenvalue weighted by Crippen LogP contribution is -2.00. The molecule has 1 aliphatic carbocycles. The first-order chi connectivity index (χ1) is 10.2. The topological polar surface area (TPSA) is 56.3 Å². The summed E-state index contributed by atoms with van der Waals surface area (Å²) in [6.07, 6.45) is 2.43. The number of hydrogen-bond acceptors (Lipinski definition) is 5. The first kappa shape index (κ1) is 13.7. The smallest absolute Gasteiger partial charge is 0.161 e. The summed E-state index contributed by atoms with van der Waals surface area (Å²) in [6.45, 7) is 0. The molecule has 1 aliphatic rings. The Kier molecular flexibility index (Phi) is 3.64. The van der Waals surface area contributed by atoms with Gasteiger partial charge in [0.15, 0.2) is 17.3 Å². The summed E-state index contributed by atoms with van der Waals surface area (Å²) < 4.78 is 10.6. The average molecular weight is 285 g/mol. The van der Waals surface area contributed by atoms with Crippen LogP contribution in [-0.4, -0.2) is 31.2 Å². The maximum absolute atomic E-state index is 5.35. The SMILES string of the molecule is CNc1cc(C2CC2)nc(-c2ccc(OC)c(OC)c2)n1. The molecule has 1 N–H and O–H groups in total. The Morgan fingerprint density at radius 2 is 1.81 bits per heavy atom. The molecule has 21 heavy (non-hydrogen) atoms. The number of hydrogen-bond donors (Lipinski definition) is 1. The highest BCUT2D eigenvalue weighted by Crippen LogP contribution is 2.40. The molecule has 0 radical (unpaired) electrons. The molecule has 5 nitrogen and oxygen atoms in total. The van der Waals surface area contributed by atoms with Gasteiger partial charge in [-0.2, -0.15) is 0 Å². The minimum absolute atomic E-state index is 0.582. The van der Waals surface area contributed by atoms with Crippen LogP contribution in [0.4, 0.5) is 5.82 Å². The summed E-state index contributed by atoms with van der Waals surface area (Å²) >= 11 is 0. The van der Waals surface area contributed by atoms with Crippen LogP contribution < -0.4 is 14.8 Å². The summed E-state index contributed by atoms with van der Waals surface area (Å²) in [5, 5.41) is 3.10. The van der Waals surface area contributed by atoms with Gasteiger partial charge in [0.2, 0.25) is 0 Å². The molecule has 1 fully saturated rings. The maximum atomic E-state index is 5.35. The lowest BCUT2D eigenvalue weighted by atomic mass is 10.1. The van der Waals surface area contributed by atoms with Gasteiger partial charge in [0.25, 0.3) is 0 Å². The van der Waals surface area contributed by atoms with Crippen molar-refractivity contribution in [2.24, 2.45) is 0 Å². The van der Waals surface area contributed by atoms with Gasteiger partial charge in [-0.1, -0.05) is 0 Å². The molecular weight excluding hydrogens is 266 g/mol. The highest BCUT2D eigenvalue weighted by molar-refractivity contribution is 5.63. The maximum Gasteiger partial charge on any atom is 0.161 e. The third-order valence-electron chi connectivity index (χ3n) is 3.64. The van der Waals surface area contributed by atoms with E-state index < -0.39 is 0 Å². The molecule has 110 valence electrons. The van der Waals surface area contributed by atoms with E-state index >= 15 is 0 Å². The van der Waals surface area contributed by atoms with Crippen molar-refractivity contribution < 1.29 is 9.47 Å². The van der Waals surface area contributed by atoms with Crippen molar-refractivity contribution in [3.8, 4) is 22.9 Å². The first-order valence-corrected chi connectivity index (χ1v) is 7.04. The molecule has 1 saturated carbocycles. The van der Waals surface area contributed by atoms with Crippen molar-refractivity contribution in [2.75, 3.05) is 26.6 Å². The first-order valence-electron chi connectivity index (χ1n) is 7.04. The molecule has 3 rings (SSSR count). The van der Waals surface area contributed by atoms with Crippen molar-refractivity contribution in [1.29, 1.82) is 0 Å². The zero-order chi connectivity index (χ0) is 14.8. The number of aromatic nitrogens is 2. The summed E-state index contributed by atoms with van der Waals surface area (Å²) in [4.78, 5) is 9.24. The van der Waals surface area contributed by atoms with Crippen LogP contribution in [0.5, 0.6) is 11.5 Å². The fraction of sp³-hybridized carbons (Fsp3) is 0.375. The van der Waals surface area contributed by atoms with E-state index in [4.69, 9.17) is 14.5 Å². The third kappa shape index (κ3) is 2.77. The zero-order valence-corrected chi connectivity index (χ0v) is 12.5. The number of nitrogens with one attached hydrogen (secondary N) is 1. The predicted octanol–water partition coefficient (Wildman–Crippen LogP) is 3.08. The Labute approximate surface area is 124 Å². The molecule has 0 saturated heterocycles. The van der Waals surface area contributed by atoms with E-state index in [0.29, 0.717) is 23.2 Å². The van der Waals surface area contributed by atoms with Crippen LogP contribution in [0.25, 0.3) is 11.4 Å². The Hall–Kier alpha value is -2.30. The van der Waals surface area contributed by atoms with E-state index in [1.807, 2.05) is 31.3 Å². The summed E-state index contributed by atoms with van der Waals surface area (Å²) in [7, 11) is 5.13. The van der Waals surface area contributed by atoms with Gasteiger partial charge in [0.05, 0.1) is 14.2 Å². The van der Waals surface area contributed by atoms with Gasteiger partial charge in [-0.05, 0) is 31.0 Å². The molecular formula is C16H19N3O2. The minimum atomic E-state index is 0.582. The average Bonchev–Trinajstić information content (AvgIpc) is 3.38. The molecule has 1 heterocycles. The molecule has 1 aromatic carbocycles. The standard InChI is InChI=1S/C16H19N3O2/c1-17-15-9-12(10-4-5-10)18-16(19-15)11-6-7-13(20-2)14(8-11)21-3/h6-10H,4-5H2,1-3H3,(H,17,18,19). The van der Waals surface area contributed by atoms with Crippen molar-refractivity contribution in [1.82, 2.24) is 9.97 Å². The number of nitrogens with zero attached hydrogens (tertiary/aromatic N) is 2. The Morgan fingerprint density at radius 3 is 2.43 bits per heavy atom. The van der Waals surface area contributed by atoms with Crippen LogP contribution in [0.1, 0.15) is 24.5 Å². The van der Waals surface area contributed by atoms with E-state index in [1.165, 1.54) is 12.8 Å². The second-order valence-corrected chi connectivity index (χ2v) is 5.10. The summed E-state index contributed by atoms with van der Waals surface area (Å²) in [5.74, 6) is 3.52. The van der Waals surface area contributed by atoms with Crippen LogP contribution in [0.3, 0.4) is 0 Å². The highest BCUT2D eigenvalue weighted by Gasteiger charge is 2.26. The molecule has 5 heteroatoms. The summed E-state index contributed by atoms with van der Waals surface area (Å²) in [6, 6.07) is 7.76. The second kappa shape index (κ2) is 5.60. The number of methoxy groups -OCH3 is 2. The lowest BCUT2D eigenvalue weighted by molar-refractivity contribution is 0.355. The van der Waals surface area contributed by atoms with Crippen molar-refractivity contribution >= 4 is 5.82 Å². The van der Waals surface area contributed by atoms with Crippen LogP contribution in [-0.2, 0) is 0 Å². The molecule has 0 spiro atoms. The van der Waals surface area contributed by atoms with E-state index in [0.717, 1.165) is 17.1 Å². The van der Waals surface area contributed by atoms with Gasteiger partial charge < -0.3 is 14.8 Å². The molecule has 2 aromatic rings. The zero-order valence-electron chi connectivity index (χ0n) is 12.5. The van der Waals surface area contributed by atoms with Gasteiger partial charge >= 0.3 is 0 Å². The van der Waals surface area contributed by atoms with Crippen molar-refractivity contribution in [3.63, 3.8) is 0 Å². The number of benzene rings is 1. The van der Waals surface area contributed by atoms with E-state index in [1.54, 1.807) is 14.2 Å². The van der Waals surface area contributed by atoms with E-state index in [9.17, 15) is 0 Å². The third-order valence-corrected chi connectivity index (χ3v) is 3.64. The Bertz CT molecular complexity index is 654. The molecule has 1 aromatic heterocycles. The van der Waals surface area contributed by atoms with Crippen LogP contribution in [0.15, 0.2) is 24.3 Å². The predicted molar refractivity (Wildman–Crippen MR) is 82.1 cm³/mol. The molecule has 0 aliphatic heterocycles. The fourth-order valence-electron chi connectivity index (χ4n) is 2.29. The van der Waals surface area contributed by atoms with Crippen LogP contribution in [0, 0.1) is 0 Å². The lowest BCUT2D eigenvalue weighted by Gasteiger charge is -2.11. The van der Waals surface area contributed by atoms with Gasteiger partial charge in [-0.3, -0.25) is 0 Å². The van der Waals surface area contributed by atoms with Crippen molar-refractivity contribution in [2.45, 2.75) is 18.8 Å². The quantitative estimate of drug-likeness (QED) is 0.915. The summed E-state index contributed by atoms with van der Waals surface area (Å²) in [5.41, 5.74) is 2.03. The molecule has 0 atom stereocenters. The monoisotopic (exact) mass is 285 g/mol. The number of rotatable bonds is 5. The number of ether oxygens (including phenoxy) is 2. The molecule has 0 bridgehead atoms. The molecule has 0 amide bonds. The Balaban J connectivity index is 2.04. The van der Waals surface area contributed by atoms with Gasteiger partial charge in [0.1, 0.15) is 5.82 Å². The van der Waals surface area contributed by atoms with Gasteiger partial charge in [-0.25, -0.2) is 9.97 Å². The highest BCUT2D eigenvalue weighted by atomic mass is 16.5. The van der Waals surface area contributed by atoms with Crippen molar-refractivity contribution in [3.05, 3.63) is 30.0 Å². The molecule has 0 unspecified atom stereocenters. The van der Waals surface area contributed by atoms with E-state index in [2.05, 4.69) is 10.3 Å². The van der Waals surface area contributed by atoms with Gasteiger partial charge in [-0.15, -0.1) is 0 Å². The van der Waals surface area contributed by atoms with Crippen LogP contribution in [0.2, 0.25) is 0 Å². The Morgan fingerprint density at radius 1 is 1.05 bits per heavy atom.